The first-order chi connectivity index (χ1) is 9.16. The van der Waals surface area contributed by atoms with E-state index in [4.69, 9.17) is 16.7 Å². The van der Waals surface area contributed by atoms with Gasteiger partial charge in [0.1, 0.15) is 0 Å². The lowest BCUT2D eigenvalue weighted by molar-refractivity contribution is -0.137. The number of benzene rings is 1. The van der Waals surface area contributed by atoms with Crippen molar-refractivity contribution in [1.82, 2.24) is 4.90 Å². The number of rotatable bonds is 5. The average Bonchev–Trinajstić information content (AvgIpc) is 2.40. The Bertz CT molecular complexity index is 424. The molecule has 19 heavy (non-hydrogen) atoms. The van der Waals surface area contributed by atoms with Gasteiger partial charge in [-0.3, -0.25) is 9.69 Å². The lowest BCUT2D eigenvalue weighted by Gasteiger charge is -2.35. The van der Waals surface area contributed by atoms with Crippen molar-refractivity contribution in [2.45, 2.75) is 18.9 Å². The number of aliphatic carboxylic acids is 1. The maximum absolute atomic E-state index is 10.6. The number of hydrogen-bond acceptors (Lipinski definition) is 3. The van der Waals surface area contributed by atoms with E-state index in [0.717, 1.165) is 29.6 Å². The second kappa shape index (κ2) is 7.17. The lowest BCUT2D eigenvalue weighted by atomic mass is 10.1. The predicted octanol–water partition coefficient (Wildman–Crippen LogP) is 3.29. The normalized spacial score (nSPS) is 20.4. The highest BCUT2D eigenvalue weighted by molar-refractivity contribution is 7.99. The second-order valence-electron chi connectivity index (χ2n) is 4.68. The summed E-state index contributed by atoms with van der Waals surface area (Å²) in [4.78, 5) is 13.0. The highest BCUT2D eigenvalue weighted by Crippen LogP contribution is 2.30. The van der Waals surface area contributed by atoms with E-state index < -0.39 is 5.97 Å². The summed E-state index contributed by atoms with van der Waals surface area (Å²) in [7, 11) is 0. The first-order valence-corrected chi connectivity index (χ1v) is 7.99. The number of carboxylic acid groups (broad SMARTS) is 1. The van der Waals surface area contributed by atoms with Gasteiger partial charge in [0.2, 0.25) is 0 Å². The minimum absolute atomic E-state index is 0.247. The molecule has 1 N–H and O–H groups in total. The Hall–Kier alpha value is -0.710. The van der Waals surface area contributed by atoms with E-state index in [2.05, 4.69) is 17.0 Å². The molecule has 1 fully saturated rings. The molecule has 1 aromatic carbocycles. The molecule has 3 nitrogen and oxygen atoms in total. The van der Waals surface area contributed by atoms with Crippen molar-refractivity contribution in [3.05, 3.63) is 34.9 Å². The number of carbonyl (C=O) groups is 1. The molecule has 1 heterocycles. The fourth-order valence-corrected chi connectivity index (χ4v) is 3.61. The molecule has 5 heteroatoms. The predicted molar refractivity (Wildman–Crippen MR) is 80.0 cm³/mol. The smallest absolute Gasteiger partial charge is 0.303 e. The van der Waals surface area contributed by atoms with Crippen LogP contribution in [0.3, 0.4) is 0 Å². The Morgan fingerprint density at radius 1 is 1.42 bits per heavy atom. The maximum atomic E-state index is 10.6. The van der Waals surface area contributed by atoms with Crippen LogP contribution in [0.5, 0.6) is 0 Å². The van der Waals surface area contributed by atoms with Gasteiger partial charge in [-0.05, 0) is 30.7 Å². The topological polar surface area (TPSA) is 40.5 Å². The summed E-state index contributed by atoms with van der Waals surface area (Å²) in [5, 5.41) is 9.47. The first kappa shape index (κ1) is 14.7. The highest BCUT2D eigenvalue weighted by Gasteiger charge is 2.23. The Morgan fingerprint density at radius 2 is 2.16 bits per heavy atom. The molecule has 104 valence electrons. The summed E-state index contributed by atoms with van der Waals surface area (Å²) in [5.41, 5.74) is 1.27. The molecule has 0 saturated carbocycles. The van der Waals surface area contributed by atoms with Crippen molar-refractivity contribution in [3.63, 3.8) is 0 Å². The van der Waals surface area contributed by atoms with Crippen LogP contribution < -0.4 is 0 Å². The molecule has 1 saturated heterocycles. The van der Waals surface area contributed by atoms with E-state index in [-0.39, 0.29) is 6.42 Å². The summed E-state index contributed by atoms with van der Waals surface area (Å²) in [5.74, 6) is 1.47. The van der Waals surface area contributed by atoms with Crippen LogP contribution in [-0.2, 0) is 4.79 Å². The van der Waals surface area contributed by atoms with Crippen LogP contribution in [0.2, 0.25) is 5.02 Å². The lowest BCUT2D eigenvalue weighted by Crippen LogP contribution is -2.37. The number of thioether (sulfide) groups is 1. The Kier molecular flexibility index (Phi) is 5.55. The molecule has 1 atom stereocenters. The van der Waals surface area contributed by atoms with Crippen molar-refractivity contribution in [3.8, 4) is 0 Å². The van der Waals surface area contributed by atoms with Crippen LogP contribution in [0, 0.1) is 0 Å². The van der Waals surface area contributed by atoms with Gasteiger partial charge >= 0.3 is 5.97 Å². The van der Waals surface area contributed by atoms with Gasteiger partial charge in [-0.15, -0.1) is 0 Å². The summed E-state index contributed by atoms with van der Waals surface area (Å²) in [6.45, 7) is 1.87. The van der Waals surface area contributed by atoms with Crippen molar-refractivity contribution in [1.29, 1.82) is 0 Å². The van der Waals surface area contributed by atoms with Gasteiger partial charge in [-0.2, -0.15) is 11.8 Å². The monoisotopic (exact) mass is 299 g/mol. The summed E-state index contributed by atoms with van der Waals surface area (Å²) >= 11 is 7.88. The summed E-state index contributed by atoms with van der Waals surface area (Å²) in [6, 6.07) is 8.37. The molecular weight excluding hydrogens is 282 g/mol. The van der Waals surface area contributed by atoms with Crippen molar-refractivity contribution < 1.29 is 9.90 Å². The van der Waals surface area contributed by atoms with Gasteiger partial charge in [0, 0.05) is 35.5 Å². The molecule has 0 amide bonds. The Morgan fingerprint density at radius 3 is 2.84 bits per heavy atom. The van der Waals surface area contributed by atoms with Crippen LogP contribution >= 0.6 is 23.4 Å². The molecular formula is C14H18ClNO2S. The minimum atomic E-state index is -0.713. The molecule has 0 bridgehead atoms. The molecule has 1 aliphatic rings. The molecule has 0 aromatic heterocycles. The van der Waals surface area contributed by atoms with E-state index in [0.29, 0.717) is 12.5 Å². The van der Waals surface area contributed by atoms with Gasteiger partial charge in [-0.25, -0.2) is 0 Å². The zero-order valence-electron chi connectivity index (χ0n) is 10.7. The third kappa shape index (κ3) is 4.41. The molecule has 2 rings (SSSR count). The maximum Gasteiger partial charge on any atom is 0.303 e. The van der Waals surface area contributed by atoms with Gasteiger partial charge in [0.25, 0.3) is 0 Å². The second-order valence-corrected chi connectivity index (χ2v) is 6.26. The zero-order valence-corrected chi connectivity index (χ0v) is 12.3. The largest absolute Gasteiger partial charge is 0.481 e. The third-order valence-electron chi connectivity index (χ3n) is 3.33. The van der Waals surface area contributed by atoms with Crippen molar-refractivity contribution in [2.75, 3.05) is 24.6 Å². The van der Waals surface area contributed by atoms with Gasteiger partial charge < -0.3 is 5.11 Å². The summed E-state index contributed by atoms with van der Waals surface area (Å²) in [6.07, 6.45) is 0.959. The number of nitrogens with zero attached hydrogens (tertiary/aromatic N) is 1. The van der Waals surface area contributed by atoms with E-state index in [1.54, 1.807) is 0 Å². The molecule has 0 aliphatic carbocycles. The van der Waals surface area contributed by atoms with Crippen LogP contribution in [-0.4, -0.2) is 40.6 Å². The van der Waals surface area contributed by atoms with Gasteiger partial charge in [0.05, 0.1) is 0 Å². The van der Waals surface area contributed by atoms with Crippen molar-refractivity contribution in [2.24, 2.45) is 0 Å². The van der Waals surface area contributed by atoms with Gasteiger partial charge in [-0.1, -0.05) is 23.7 Å². The quantitative estimate of drug-likeness (QED) is 0.906. The van der Waals surface area contributed by atoms with E-state index in [9.17, 15) is 4.79 Å². The van der Waals surface area contributed by atoms with Crippen LogP contribution in [0.4, 0.5) is 0 Å². The number of hydrogen-bond donors (Lipinski definition) is 1. The Balaban J connectivity index is 1.99. The zero-order chi connectivity index (χ0) is 13.7. The Labute approximate surface area is 122 Å². The van der Waals surface area contributed by atoms with Crippen LogP contribution in [0.25, 0.3) is 0 Å². The SMILES string of the molecule is O=C(O)CCCN1CCSCC1c1ccc(Cl)cc1. The number of carboxylic acids is 1. The third-order valence-corrected chi connectivity index (χ3v) is 4.60. The average molecular weight is 300 g/mol. The van der Waals surface area contributed by atoms with E-state index >= 15 is 0 Å². The van der Waals surface area contributed by atoms with Gasteiger partial charge in [0.15, 0.2) is 0 Å². The molecule has 0 radical (unpaired) electrons. The number of halogens is 1. The minimum Gasteiger partial charge on any atom is -0.481 e. The van der Waals surface area contributed by atoms with Crippen LogP contribution in [0.1, 0.15) is 24.4 Å². The molecule has 1 aliphatic heterocycles. The molecule has 0 spiro atoms. The fourth-order valence-electron chi connectivity index (χ4n) is 2.33. The summed E-state index contributed by atoms with van der Waals surface area (Å²) < 4.78 is 0. The van der Waals surface area contributed by atoms with Crippen LogP contribution in [0.15, 0.2) is 24.3 Å². The molecule has 1 unspecified atom stereocenters. The van der Waals surface area contributed by atoms with Crippen molar-refractivity contribution >= 4 is 29.3 Å². The molecule has 1 aromatic rings. The standard InChI is InChI=1S/C14H18ClNO2S/c15-12-5-3-11(4-6-12)13-10-19-9-8-16(13)7-1-2-14(17)18/h3-6,13H,1-2,7-10H2,(H,17,18). The van der Waals surface area contributed by atoms with E-state index in [1.807, 2.05) is 23.9 Å². The highest BCUT2D eigenvalue weighted by atomic mass is 35.5. The first-order valence-electron chi connectivity index (χ1n) is 6.46. The fraction of sp³-hybridized carbons (Fsp3) is 0.500. The van der Waals surface area contributed by atoms with E-state index in [1.165, 1.54) is 5.56 Å².